The summed E-state index contributed by atoms with van der Waals surface area (Å²) in [5.74, 6) is -0.334. The van der Waals surface area contributed by atoms with Crippen LogP contribution in [-0.2, 0) is 5.41 Å². The van der Waals surface area contributed by atoms with Crippen molar-refractivity contribution >= 4 is 28.4 Å². The van der Waals surface area contributed by atoms with Crippen LogP contribution >= 0.6 is 11.6 Å². The van der Waals surface area contributed by atoms with Crippen molar-refractivity contribution in [1.29, 1.82) is 0 Å². The molecule has 0 unspecified atom stereocenters. The number of carbonyl (C=O) groups excluding carboxylic acids is 1. The summed E-state index contributed by atoms with van der Waals surface area (Å²) in [6.07, 6.45) is 5.46. The van der Waals surface area contributed by atoms with Crippen LogP contribution in [0.25, 0.3) is 10.9 Å². The third-order valence-electron chi connectivity index (χ3n) is 5.83. The highest BCUT2D eigenvalue weighted by Crippen LogP contribution is 2.39. The molecule has 5 heteroatoms. The van der Waals surface area contributed by atoms with Crippen LogP contribution in [0.2, 0.25) is 5.02 Å². The number of aromatic amines is 1. The van der Waals surface area contributed by atoms with Crippen LogP contribution in [0.1, 0.15) is 48.0 Å². The zero-order chi connectivity index (χ0) is 19.6. The van der Waals surface area contributed by atoms with Gasteiger partial charge in [0.05, 0.1) is 0 Å². The number of para-hydroxylation sites is 1. The first-order valence-corrected chi connectivity index (χ1v) is 10.1. The number of fused-ring (bicyclic) bond motifs is 1. The first kappa shape index (κ1) is 18.8. The molecule has 4 nitrogen and oxygen atoms in total. The molecule has 3 aromatic rings. The van der Waals surface area contributed by atoms with Gasteiger partial charge in [-0.1, -0.05) is 61.2 Å². The Morgan fingerprint density at radius 1 is 1.04 bits per heavy atom. The zero-order valence-corrected chi connectivity index (χ0v) is 16.4. The van der Waals surface area contributed by atoms with Crippen molar-refractivity contribution in [2.45, 2.75) is 37.5 Å². The summed E-state index contributed by atoms with van der Waals surface area (Å²) in [5.41, 5.74) is 1.54. The smallest absolute Gasteiger partial charge is 0.261 e. The minimum absolute atomic E-state index is 0.136. The number of carbonyl (C=O) groups is 1. The Hall–Kier alpha value is -2.59. The molecular formula is C23H23ClN2O2. The second-order valence-electron chi connectivity index (χ2n) is 7.63. The van der Waals surface area contributed by atoms with Crippen molar-refractivity contribution in [2.24, 2.45) is 0 Å². The van der Waals surface area contributed by atoms with Crippen LogP contribution in [0.15, 0.2) is 59.4 Å². The molecule has 2 N–H and O–H groups in total. The topological polar surface area (TPSA) is 62.0 Å². The molecule has 4 rings (SSSR count). The Morgan fingerprint density at radius 2 is 1.82 bits per heavy atom. The van der Waals surface area contributed by atoms with Crippen molar-refractivity contribution in [3.63, 3.8) is 0 Å². The summed E-state index contributed by atoms with van der Waals surface area (Å²) in [6.45, 7) is 0.498. The van der Waals surface area contributed by atoms with Gasteiger partial charge >= 0.3 is 0 Å². The van der Waals surface area contributed by atoms with E-state index in [4.69, 9.17) is 11.6 Å². The van der Waals surface area contributed by atoms with E-state index >= 15 is 0 Å². The molecule has 0 spiro atoms. The van der Waals surface area contributed by atoms with Crippen LogP contribution in [0.3, 0.4) is 0 Å². The van der Waals surface area contributed by atoms with Crippen molar-refractivity contribution in [3.05, 3.63) is 81.1 Å². The molecule has 0 saturated heterocycles. The molecule has 0 bridgehead atoms. The van der Waals surface area contributed by atoms with Gasteiger partial charge in [0.15, 0.2) is 0 Å². The molecule has 0 radical (unpaired) electrons. The van der Waals surface area contributed by atoms with E-state index in [1.165, 1.54) is 6.42 Å². The Kier molecular flexibility index (Phi) is 5.23. The van der Waals surface area contributed by atoms with E-state index in [1.54, 1.807) is 6.07 Å². The van der Waals surface area contributed by atoms with Gasteiger partial charge in [-0.25, -0.2) is 0 Å². The highest BCUT2D eigenvalue weighted by atomic mass is 35.5. The lowest BCUT2D eigenvalue weighted by molar-refractivity contribution is 0.0935. The van der Waals surface area contributed by atoms with E-state index in [1.807, 2.05) is 42.5 Å². The van der Waals surface area contributed by atoms with E-state index in [0.717, 1.165) is 42.1 Å². The molecular weight excluding hydrogens is 372 g/mol. The highest BCUT2D eigenvalue weighted by Gasteiger charge is 2.34. The largest absolute Gasteiger partial charge is 0.351 e. The van der Waals surface area contributed by atoms with E-state index in [2.05, 4.69) is 16.4 Å². The summed E-state index contributed by atoms with van der Waals surface area (Å²) in [7, 11) is 0. The fraction of sp³-hybridized carbons (Fsp3) is 0.304. The molecule has 0 aliphatic heterocycles. The lowest BCUT2D eigenvalue weighted by Gasteiger charge is -2.38. The summed E-state index contributed by atoms with van der Waals surface area (Å²) in [4.78, 5) is 28.0. The quantitative estimate of drug-likeness (QED) is 0.666. The van der Waals surface area contributed by atoms with Crippen molar-refractivity contribution in [1.82, 2.24) is 10.3 Å². The third-order valence-corrected chi connectivity index (χ3v) is 6.07. The van der Waals surface area contributed by atoms with Crippen LogP contribution < -0.4 is 10.9 Å². The number of aromatic nitrogens is 1. The van der Waals surface area contributed by atoms with Gasteiger partial charge in [0.2, 0.25) is 0 Å². The molecule has 1 aliphatic carbocycles. The number of hydrogen-bond donors (Lipinski definition) is 2. The Labute approximate surface area is 168 Å². The second kappa shape index (κ2) is 7.80. The molecule has 1 heterocycles. The maximum atomic E-state index is 12.8. The predicted octanol–water partition coefficient (Wildman–Crippen LogP) is 4.81. The number of halogens is 1. The van der Waals surface area contributed by atoms with Crippen molar-refractivity contribution in [2.75, 3.05) is 6.54 Å². The Morgan fingerprint density at radius 3 is 2.61 bits per heavy atom. The molecule has 1 aliphatic rings. The number of hydrogen-bond acceptors (Lipinski definition) is 2. The number of amides is 1. The summed E-state index contributed by atoms with van der Waals surface area (Å²) < 4.78 is 0. The van der Waals surface area contributed by atoms with E-state index < -0.39 is 0 Å². The minimum atomic E-state index is -0.364. The van der Waals surface area contributed by atoms with Crippen LogP contribution in [0.4, 0.5) is 0 Å². The molecule has 144 valence electrons. The summed E-state index contributed by atoms with van der Waals surface area (Å²) in [5, 5.41) is 4.58. The summed E-state index contributed by atoms with van der Waals surface area (Å²) >= 11 is 6.23. The fourth-order valence-corrected chi connectivity index (χ4v) is 4.47. The average Bonchev–Trinajstić information content (AvgIpc) is 2.72. The number of H-pyrrole nitrogens is 1. The third kappa shape index (κ3) is 3.69. The monoisotopic (exact) mass is 394 g/mol. The van der Waals surface area contributed by atoms with Gasteiger partial charge in [-0.2, -0.15) is 0 Å². The molecule has 1 saturated carbocycles. The lowest BCUT2D eigenvalue weighted by Crippen LogP contribution is -2.43. The SMILES string of the molecule is O=C(NCC1(c2cccc(Cl)c2)CCCCC1)c1cc2ccccc2[nH]c1=O. The first-order valence-electron chi connectivity index (χ1n) is 9.74. The van der Waals surface area contributed by atoms with Gasteiger partial charge in [0, 0.05) is 22.5 Å². The van der Waals surface area contributed by atoms with Gasteiger partial charge in [-0.05, 0) is 48.1 Å². The average molecular weight is 395 g/mol. The normalized spacial score (nSPS) is 16.0. The van der Waals surface area contributed by atoms with Crippen LogP contribution in [0.5, 0.6) is 0 Å². The van der Waals surface area contributed by atoms with Gasteiger partial charge in [0.1, 0.15) is 5.56 Å². The van der Waals surface area contributed by atoms with Gasteiger partial charge in [-0.3, -0.25) is 9.59 Å². The highest BCUT2D eigenvalue weighted by molar-refractivity contribution is 6.30. The van der Waals surface area contributed by atoms with Crippen LogP contribution in [-0.4, -0.2) is 17.4 Å². The molecule has 28 heavy (non-hydrogen) atoms. The molecule has 0 atom stereocenters. The van der Waals surface area contributed by atoms with E-state index in [9.17, 15) is 9.59 Å². The van der Waals surface area contributed by atoms with Gasteiger partial charge in [0.25, 0.3) is 11.5 Å². The number of nitrogens with one attached hydrogen (secondary N) is 2. The number of rotatable bonds is 4. The van der Waals surface area contributed by atoms with Crippen molar-refractivity contribution < 1.29 is 4.79 Å². The zero-order valence-electron chi connectivity index (χ0n) is 15.6. The first-order chi connectivity index (χ1) is 13.6. The van der Waals surface area contributed by atoms with E-state index in [0.29, 0.717) is 11.6 Å². The van der Waals surface area contributed by atoms with Crippen molar-refractivity contribution in [3.8, 4) is 0 Å². The molecule has 1 fully saturated rings. The Balaban J connectivity index is 1.60. The Bertz CT molecular complexity index is 1070. The van der Waals surface area contributed by atoms with Crippen LogP contribution in [0, 0.1) is 0 Å². The maximum Gasteiger partial charge on any atom is 0.261 e. The summed E-state index contributed by atoms with van der Waals surface area (Å²) in [6, 6.07) is 17.0. The number of pyridine rings is 1. The molecule has 2 aromatic carbocycles. The lowest BCUT2D eigenvalue weighted by atomic mass is 9.69. The van der Waals surface area contributed by atoms with Gasteiger partial charge in [-0.15, -0.1) is 0 Å². The molecule has 1 amide bonds. The van der Waals surface area contributed by atoms with Gasteiger partial charge < -0.3 is 10.3 Å². The predicted molar refractivity (Wildman–Crippen MR) is 113 cm³/mol. The fourth-order valence-electron chi connectivity index (χ4n) is 4.28. The second-order valence-corrected chi connectivity index (χ2v) is 8.07. The standard InChI is InChI=1S/C23H23ClN2O2/c24-18-9-6-8-17(14-18)23(11-4-1-5-12-23)15-25-21(27)19-13-16-7-2-3-10-20(16)26-22(19)28/h2-3,6-10,13-14H,1,4-5,11-12,15H2,(H,25,27)(H,26,28). The minimum Gasteiger partial charge on any atom is -0.351 e. The number of benzene rings is 2. The maximum absolute atomic E-state index is 12.8. The molecule has 1 aromatic heterocycles. The van der Waals surface area contributed by atoms with E-state index in [-0.39, 0.29) is 22.4 Å².